The zero-order valence-corrected chi connectivity index (χ0v) is 13.2. The van der Waals surface area contributed by atoms with Crippen molar-refractivity contribution in [2.75, 3.05) is 0 Å². The van der Waals surface area contributed by atoms with Crippen LogP contribution in [0.3, 0.4) is 0 Å². The minimum Gasteiger partial charge on any atom is -0.299 e. The Morgan fingerprint density at radius 1 is 1.23 bits per heavy atom. The van der Waals surface area contributed by atoms with Gasteiger partial charge in [-0.25, -0.2) is 0 Å². The molecule has 0 radical (unpaired) electrons. The molecule has 112 valence electrons. The molecule has 0 amide bonds. The van der Waals surface area contributed by atoms with E-state index in [0.717, 1.165) is 24.7 Å². The standard InChI is InChI=1S/C21H22O/c1-11-9-15-19-13-7-8-21(15,10-13)20-16(22)6-5-12-3-2-4-14(17(11)19)18(12)20/h2-4,11,13,17,20H,5-10H2,1H3. The lowest BCUT2D eigenvalue weighted by Gasteiger charge is -2.43. The van der Waals surface area contributed by atoms with Gasteiger partial charge in [-0.05, 0) is 60.6 Å². The molecule has 0 aromatic heterocycles. The van der Waals surface area contributed by atoms with Crippen molar-refractivity contribution in [1.82, 2.24) is 0 Å². The topological polar surface area (TPSA) is 17.1 Å². The molecule has 1 aromatic rings. The first-order chi connectivity index (χ1) is 10.7. The average molecular weight is 290 g/mol. The van der Waals surface area contributed by atoms with Crippen LogP contribution in [0.4, 0.5) is 0 Å². The summed E-state index contributed by atoms with van der Waals surface area (Å²) in [6, 6.07) is 6.91. The van der Waals surface area contributed by atoms with Crippen LogP contribution in [0.5, 0.6) is 0 Å². The molecule has 1 nitrogen and oxygen atoms in total. The largest absolute Gasteiger partial charge is 0.299 e. The van der Waals surface area contributed by atoms with Crippen molar-refractivity contribution >= 4 is 5.78 Å². The van der Waals surface area contributed by atoms with Crippen LogP contribution < -0.4 is 0 Å². The lowest BCUT2D eigenvalue weighted by Crippen LogP contribution is -2.37. The van der Waals surface area contributed by atoms with Crippen molar-refractivity contribution in [1.29, 1.82) is 0 Å². The zero-order chi connectivity index (χ0) is 14.6. The van der Waals surface area contributed by atoms with Gasteiger partial charge >= 0.3 is 0 Å². The van der Waals surface area contributed by atoms with E-state index in [9.17, 15) is 4.79 Å². The van der Waals surface area contributed by atoms with Gasteiger partial charge in [-0.1, -0.05) is 36.3 Å². The molecule has 5 atom stereocenters. The molecule has 1 aromatic carbocycles. The first kappa shape index (κ1) is 12.1. The number of carbonyl (C=O) groups excluding carboxylic acids is 1. The SMILES string of the molecule is CC1CC2=C3C4CCC2(C4)C2C(=O)CCc4cccc(c42)C31. The van der Waals surface area contributed by atoms with E-state index in [2.05, 4.69) is 25.1 Å². The van der Waals surface area contributed by atoms with Gasteiger partial charge in [-0.2, -0.15) is 0 Å². The van der Waals surface area contributed by atoms with Gasteiger partial charge in [0.05, 0.1) is 5.92 Å². The number of hydrogen-bond donors (Lipinski definition) is 0. The van der Waals surface area contributed by atoms with Crippen molar-refractivity contribution in [3.05, 3.63) is 46.0 Å². The average Bonchev–Trinajstić information content (AvgIpc) is 3.13. The molecule has 5 aliphatic rings. The van der Waals surface area contributed by atoms with Crippen molar-refractivity contribution in [3.63, 3.8) is 0 Å². The van der Waals surface area contributed by atoms with E-state index in [-0.39, 0.29) is 11.3 Å². The van der Waals surface area contributed by atoms with Crippen LogP contribution in [-0.2, 0) is 11.2 Å². The van der Waals surface area contributed by atoms with E-state index < -0.39 is 0 Å². The summed E-state index contributed by atoms with van der Waals surface area (Å²) in [5.41, 5.74) is 8.32. The van der Waals surface area contributed by atoms with E-state index >= 15 is 0 Å². The number of allylic oxidation sites excluding steroid dienone is 2. The molecular weight excluding hydrogens is 268 g/mol. The van der Waals surface area contributed by atoms with E-state index in [1.807, 2.05) is 0 Å². The summed E-state index contributed by atoms with van der Waals surface area (Å²) >= 11 is 0. The Hall–Kier alpha value is -1.37. The van der Waals surface area contributed by atoms with E-state index in [1.54, 1.807) is 16.7 Å². The number of ketones is 1. The summed E-state index contributed by atoms with van der Waals surface area (Å²) in [5.74, 6) is 2.94. The van der Waals surface area contributed by atoms with E-state index in [1.165, 1.54) is 36.8 Å². The Labute approximate surface area is 131 Å². The fourth-order valence-electron chi connectivity index (χ4n) is 7.19. The van der Waals surface area contributed by atoms with E-state index in [4.69, 9.17) is 0 Å². The number of Topliss-reactive ketones (excluding diaryl/α,β-unsaturated/α-hetero) is 1. The molecule has 0 N–H and O–H groups in total. The first-order valence-electron chi connectivity index (χ1n) is 9.08. The highest BCUT2D eigenvalue weighted by molar-refractivity contribution is 5.91. The predicted molar refractivity (Wildman–Crippen MR) is 85.8 cm³/mol. The minimum absolute atomic E-state index is 0.211. The van der Waals surface area contributed by atoms with Gasteiger partial charge in [0.15, 0.2) is 0 Å². The van der Waals surface area contributed by atoms with Gasteiger partial charge in [0.2, 0.25) is 0 Å². The number of carbonyl (C=O) groups is 1. The Morgan fingerprint density at radius 3 is 3.05 bits per heavy atom. The van der Waals surface area contributed by atoms with Crippen LogP contribution in [-0.4, -0.2) is 5.78 Å². The maximum atomic E-state index is 13.0. The van der Waals surface area contributed by atoms with Crippen LogP contribution in [0, 0.1) is 17.3 Å². The highest BCUT2D eigenvalue weighted by Gasteiger charge is 2.63. The normalized spacial score (nSPS) is 43.6. The Morgan fingerprint density at radius 2 is 2.14 bits per heavy atom. The fraction of sp³-hybridized carbons (Fsp3) is 0.571. The van der Waals surface area contributed by atoms with E-state index in [0.29, 0.717) is 11.7 Å². The molecule has 6 rings (SSSR count). The fourth-order valence-corrected chi connectivity index (χ4v) is 7.19. The maximum Gasteiger partial charge on any atom is 0.141 e. The van der Waals surface area contributed by atoms with Gasteiger partial charge < -0.3 is 0 Å². The number of benzene rings is 1. The number of hydrogen-bond acceptors (Lipinski definition) is 1. The maximum absolute atomic E-state index is 13.0. The van der Waals surface area contributed by atoms with Crippen molar-refractivity contribution < 1.29 is 4.79 Å². The van der Waals surface area contributed by atoms with Gasteiger partial charge in [0.25, 0.3) is 0 Å². The van der Waals surface area contributed by atoms with Gasteiger partial charge in [-0.3, -0.25) is 4.79 Å². The zero-order valence-electron chi connectivity index (χ0n) is 13.2. The molecular formula is C21H22O. The Kier molecular flexibility index (Phi) is 1.97. The van der Waals surface area contributed by atoms with Gasteiger partial charge in [0.1, 0.15) is 5.78 Å². The second-order valence-electron chi connectivity index (χ2n) is 8.51. The minimum atomic E-state index is 0.211. The molecule has 5 unspecified atom stereocenters. The molecule has 5 bridgehead atoms. The summed E-state index contributed by atoms with van der Waals surface area (Å²) in [5, 5.41) is 0. The van der Waals surface area contributed by atoms with Crippen LogP contribution in [0.25, 0.3) is 0 Å². The Bertz CT molecular complexity index is 770. The number of fused-ring (bicyclic) bond motifs is 2. The molecule has 5 aliphatic carbocycles. The summed E-state index contributed by atoms with van der Waals surface area (Å²) in [4.78, 5) is 13.0. The second-order valence-corrected chi connectivity index (χ2v) is 8.51. The third-order valence-electron chi connectivity index (χ3n) is 7.74. The van der Waals surface area contributed by atoms with Crippen LogP contribution in [0.2, 0.25) is 0 Å². The monoisotopic (exact) mass is 290 g/mol. The molecule has 0 heterocycles. The summed E-state index contributed by atoms with van der Waals surface area (Å²) < 4.78 is 0. The molecule has 1 saturated carbocycles. The summed E-state index contributed by atoms with van der Waals surface area (Å²) in [6.45, 7) is 2.44. The third kappa shape index (κ3) is 1.10. The Balaban J connectivity index is 1.75. The predicted octanol–water partition coefficient (Wildman–Crippen LogP) is 4.52. The molecule has 1 heteroatoms. The lowest BCUT2D eigenvalue weighted by atomic mass is 9.59. The highest BCUT2D eigenvalue weighted by Crippen LogP contribution is 2.73. The van der Waals surface area contributed by atoms with Gasteiger partial charge in [-0.15, -0.1) is 0 Å². The van der Waals surface area contributed by atoms with Crippen LogP contribution >= 0.6 is 0 Å². The molecule has 0 aliphatic heterocycles. The molecule has 22 heavy (non-hydrogen) atoms. The third-order valence-corrected chi connectivity index (χ3v) is 7.74. The lowest BCUT2D eigenvalue weighted by molar-refractivity contribution is -0.123. The van der Waals surface area contributed by atoms with Crippen molar-refractivity contribution in [3.8, 4) is 0 Å². The van der Waals surface area contributed by atoms with Crippen molar-refractivity contribution in [2.45, 2.75) is 57.3 Å². The van der Waals surface area contributed by atoms with Gasteiger partial charge in [0, 0.05) is 17.8 Å². The summed E-state index contributed by atoms with van der Waals surface area (Å²) in [7, 11) is 0. The number of rotatable bonds is 0. The van der Waals surface area contributed by atoms with Crippen LogP contribution in [0.1, 0.15) is 67.6 Å². The van der Waals surface area contributed by atoms with Crippen molar-refractivity contribution in [2.24, 2.45) is 17.3 Å². The highest BCUT2D eigenvalue weighted by atomic mass is 16.1. The quantitative estimate of drug-likeness (QED) is 0.642. The number of aryl methyl sites for hydroxylation is 1. The summed E-state index contributed by atoms with van der Waals surface area (Å²) in [6.07, 6.45) is 6.93. The molecule has 1 spiro atoms. The first-order valence-corrected chi connectivity index (χ1v) is 9.08. The van der Waals surface area contributed by atoms with Crippen LogP contribution in [0.15, 0.2) is 29.3 Å². The second kappa shape index (κ2) is 3.58. The molecule has 1 fully saturated rings. The smallest absolute Gasteiger partial charge is 0.141 e. The molecule has 0 saturated heterocycles.